The molecule has 1 aromatic carbocycles. The van der Waals surface area contributed by atoms with Gasteiger partial charge in [-0.3, -0.25) is 19.2 Å². The van der Waals surface area contributed by atoms with Crippen LogP contribution in [0.25, 0.3) is 0 Å². The van der Waals surface area contributed by atoms with E-state index < -0.39 is 35.6 Å². The molecule has 1 saturated carbocycles. The van der Waals surface area contributed by atoms with Gasteiger partial charge >= 0.3 is 0 Å². The van der Waals surface area contributed by atoms with Crippen molar-refractivity contribution in [1.29, 1.82) is 0 Å². The first kappa shape index (κ1) is 28.5. The minimum atomic E-state index is -0.961. The third-order valence-electron chi connectivity index (χ3n) is 6.47. The Labute approximate surface area is 208 Å². The van der Waals surface area contributed by atoms with E-state index in [0.29, 0.717) is 38.3 Å². The van der Waals surface area contributed by atoms with Gasteiger partial charge in [-0.2, -0.15) is 0 Å². The van der Waals surface area contributed by atoms with Crippen LogP contribution in [0.15, 0.2) is 30.3 Å². The van der Waals surface area contributed by atoms with E-state index >= 15 is 0 Å². The number of nitrogens with one attached hydrogen (secondary N) is 3. The van der Waals surface area contributed by atoms with Gasteiger partial charge in [0.25, 0.3) is 5.91 Å². The molecule has 9 nitrogen and oxygen atoms in total. The van der Waals surface area contributed by atoms with Crippen LogP contribution in [0.3, 0.4) is 0 Å². The van der Waals surface area contributed by atoms with E-state index in [4.69, 9.17) is 11.5 Å². The largest absolute Gasteiger partial charge is 0.370 e. The van der Waals surface area contributed by atoms with Crippen LogP contribution in [0, 0.1) is 5.92 Å². The smallest absolute Gasteiger partial charge is 0.289 e. The number of unbranched alkanes of at least 4 members (excludes halogenated alkanes) is 1. The van der Waals surface area contributed by atoms with Crippen molar-refractivity contribution in [1.82, 2.24) is 16.0 Å². The minimum Gasteiger partial charge on any atom is -0.370 e. The average molecular weight is 488 g/mol. The number of primary amides is 1. The molecule has 3 amide bonds. The Morgan fingerprint density at radius 3 is 2.31 bits per heavy atom. The Balaban J connectivity index is 2.00. The summed E-state index contributed by atoms with van der Waals surface area (Å²) in [6.07, 6.45) is 7.69. The number of hydrogen-bond donors (Lipinski definition) is 5. The molecular weight excluding hydrogens is 446 g/mol. The number of amides is 3. The summed E-state index contributed by atoms with van der Waals surface area (Å²) in [4.78, 5) is 50.0. The third kappa shape index (κ3) is 11.0. The molecule has 194 valence electrons. The van der Waals surface area contributed by atoms with Crippen molar-refractivity contribution in [3.63, 3.8) is 0 Å². The lowest BCUT2D eigenvalue weighted by Crippen LogP contribution is -2.53. The number of carbonyl (C=O) groups is 4. The molecule has 1 aliphatic carbocycles. The molecule has 1 aromatic rings. The Kier molecular flexibility index (Phi) is 13.0. The number of carbonyl (C=O) groups excluding carboxylic acids is 4. The zero-order chi connectivity index (χ0) is 25.5. The molecule has 2 rings (SSSR count). The first-order valence-corrected chi connectivity index (χ1v) is 12.8. The molecule has 0 spiro atoms. The Hall–Kier alpha value is -2.78. The summed E-state index contributed by atoms with van der Waals surface area (Å²) < 4.78 is 0. The lowest BCUT2D eigenvalue weighted by molar-refractivity contribution is -0.140. The quantitative estimate of drug-likeness (QED) is 0.175. The molecule has 1 fully saturated rings. The first-order valence-electron chi connectivity index (χ1n) is 12.8. The van der Waals surface area contributed by atoms with Crippen LogP contribution < -0.4 is 27.4 Å². The summed E-state index contributed by atoms with van der Waals surface area (Å²) in [5, 5.41) is 8.68. The van der Waals surface area contributed by atoms with Gasteiger partial charge in [-0.1, -0.05) is 49.6 Å². The lowest BCUT2D eigenvalue weighted by atomic mass is 9.89. The Bertz CT molecular complexity index is 811. The van der Waals surface area contributed by atoms with Gasteiger partial charge in [0.15, 0.2) is 0 Å². The molecule has 7 N–H and O–H groups in total. The molecule has 0 radical (unpaired) electrons. The SMILES string of the molecule is NCCCCC(NC(=O)[C@H](CCC(N)=O)NCC1CCCCC1)C(=O)C(=O)NCc1ccccc1. The van der Waals surface area contributed by atoms with Gasteiger partial charge in [0.1, 0.15) is 0 Å². The monoisotopic (exact) mass is 487 g/mol. The zero-order valence-electron chi connectivity index (χ0n) is 20.6. The summed E-state index contributed by atoms with van der Waals surface area (Å²) in [7, 11) is 0. The molecular formula is C26H41N5O4. The summed E-state index contributed by atoms with van der Waals surface area (Å²) in [6.45, 7) is 1.35. The van der Waals surface area contributed by atoms with Crippen molar-refractivity contribution in [2.45, 2.75) is 82.8 Å². The summed E-state index contributed by atoms with van der Waals surface area (Å²) in [5.74, 6) is -1.83. The molecule has 0 aliphatic heterocycles. The maximum absolute atomic E-state index is 13.1. The average Bonchev–Trinajstić information content (AvgIpc) is 2.87. The Morgan fingerprint density at radius 1 is 0.943 bits per heavy atom. The summed E-state index contributed by atoms with van der Waals surface area (Å²) in [5.41, 5.74) is 11.8. The van der Waals surface area contributed by atoms with Gasteiger partial charge in [-0.25, -0.2) is 0 Å². The van der Waals surface area contributed by atoms with Crippen LogP contribution in [0.5, 0.6) is 0 Å². The van der Waals surface area contributed by atoms with Crippen molar-refractivity contribution in [3.8, 4) is 0 Å². The fourth-order valence-corrected chi connectivity index (χ4v) is 4.37. The molecule has 0 aromatic heterocycles. The van der Waals surface area contributed by atoms with Crippen LogP contribution in [-0.4, -0.2) is 48.7 Å². The van der Waals surface area contributed by atoms with E-state index in [1.54, 1.807) is 0 Å². The summed E-state index contributed by atoms with van der Waals surface area (Å²) in [6, 6.07) is 7.66. The maximum Gasteiger partial charge on any atom is 0.289 e. The van der Waals surface area contributed by atoms with Crippen LogP contribution >= 0.6 is 0 Å². The highest BCUT2D eigenvalue weighted by Gasteiger charge is 2.29. The fraction of sp³-hybridized carbons (Fsp3) is 0.615. The molecule has 0 heterocycles. The van der Waals surface area contributed by atoms with E-state index in [0.717, 1.165) is 18.4 Å². The van der Waals surface area contributed by atoms with Gasteiger partial charge < -0.3 is 27.4 Å². The molecule has 35 heavy (non-hydrogen) atoms. The first-order chi connectivity index (χ1) is 16.9. The van der Waals surface area contributed by atoms with E-state index in [-0.39, 0.29) is 19.4 Å². The van der Waals surface area contributed by atoms with Gasteiger partial charge in [0, 0.05) is 13.0 Å². The van der Waals surface area contributed by atoms with Crippen LogP contribution in [-0.2, 0) is 25.7 Å². The van der Waals surface area contributed by atoms with E-state index in [2.05, 4.69) is 16.0 Å². The number of rotatable bonds is 16. The van der Waals surface area contributed by atoms with Gasteiger partial charge in [0.2, 0.25) is 17.6 Å². The lowest BCUT2D eigenvalue weighted by Gasteiger charge is -2.26. The van der Waals surface area contributed by atoms with Crippen LogP contribution in [0.4, 0.5) is 0 Å². The van der Waals surface area contributed by atoms with E-state index in [9.17, 15) is 19.2 Å². The van der Waals surface area contributed by atoms with E-state index in [1.165, 1.54) is 19.3 Å². The van der Waals surface area contributed by atoms with Crippen LogP contribution in [0.1, 0.15) is 69.8 Å². The molecule has 1 aliphatic rings. The number of Topliss-reactive ketones (excluding diaryl/α,β-unsaturated/α-hetero) is 1. The second kappa shape index (κ2) is 16.0. The number of nitrogens with two attached hydrogens (primary N) is 2. The standard InChI is InChI=1S/C26H41N5O4/c27-16-8-7-13-21(24(33)26(35)30-18-20-11-5-2-6-12-20)31-25(34)22(14-15-23(28)32)29-17-19-9-3-1-4-10-19/h2,5-6,11-12,19,21-22,29H,1,3-4,7-10,13-18,27H2,(H2,28,32)(H,30,35)(H,31,34)/t21?,22-/m0/s1. The van der Waals surface area contributed by atoms with Crippen molar-refractivity contribution >= 4 is 23.5 Å². The van der Waals surface area contributed by atoms with Crippen molar-refractivity contribution in [2.75, 3.05) is 13.1 Å². The molecule has 2 atom stereocenters. The zero-order valence-corrected chi connectivity index (χ0v) is 20.6. The normalized spacial score (nSPS) is 15.7. The van der Waals surface area contributed by atoms with Crippen LogP contribution in [0.2, 0.25) is 0 Å². The number of ketones is 1. The van der Waals surface area contributed by atoms with Gasteiger partial charge in [0.05, 0.1) is 12.1 Å². The molecule has 9 heteroatoms. The highest BCUT2D eigenvalue weighted by molar-refractivity contribution is 6.38. The predicted octanol–water partition coefficient (Wildman–Crippen LogP) is 1.29. The molecule has 0 bridgehead atoms. The Morgan fingerprint density at radius 2 is 1.66 bits per heavy atom. The second-order valence-corrected chi connectivity index (χ2v) is 9.35. The predicted molar refractivity (Wildman–Crippen MR) is 135 cm³/mol. The van der Waals surface area contributed by atoms with E-state index in [1.807, 2.05) is 30.3 Å². The second-order valence-electron chi connectivity index (χ2n) is 9.35. The van der Waals surface area contributed by atoms with Crippen molar-refractivity contribution < 1.29 is 19.2 Å². The van der Waals surface area contributed by atoms with Gasteiger partial charge in [-0.15, -0.1) is 0 Å². The van der Waals surface area contributed by atoms with Crippen molar-refractivity contribution in [2.24, 2.45) is 17.4 Å². The topological polar surface area (TPSA) is 156 Å². The fourth-order valence-electron chi connectivity index (χ4n) is 4.37. The molecule has 1 unspecified atom stereocenters. The highest BCUT2D eigenvalue weighted by atomic mass is 16.2. The minimum absolute atomic E-state index is 0.0547. The van der Waals surface area contributed by atoms with Gasteiger partial charge in [-0.05, 0) is 63.1 Å². The highest BCUT2D eigenvalue weighted by Crippen LogP contribution is 2.23. The maximum atomic E-state index is 13.1. The number of hydrogen-bond acceptors (Lipinski definition) is 6. The van der Waals surface area contributed by atoms with Crippen molar-refractivity contribution in [3.05, 3.63) is 35.9 Å². The third-order valence-corrected chi connectivity index (χ3v) is 6.47. The number of benzene rings is 1. The molecule has 0 saturated heterocycles. The summed E-state index contributed by atoms with van der Waals surface area (Å²) >= 11 is 0.